The minimum absolute atomic E-state index is 0.204. The Balaban J connectivity index is 1.84. The van der Waals surface area contributed by atoms with Gasteiger partial charge >= 0.3 is 6.09 Å². The van der Waals surface area contributed by atoms with Crippen molar-refractivity contribution in [1.82, 2.24) is 5.32 Å². The van der Waals surface area contributed by atoms with E-state index < -0.39 is 29.9 Å². The summed E-state index contributed by atoms with van der Waals surface area (Å²) in [5, 5.41) is 3.01. The minimum Gasteiger partial charge on any atom is -0.444 e. The Morgan fingerprint density at radius 2 is 1.28 bits per heavy atom. The zero-order valence-corrected chi connectivity index (χ0v) is 23.3. The molecule has 0 radical (unpaired) electrons. The van der Waals surface area contributed by atoms with Crippen LogP contribution in [0.25, 0.3) is 0 Å². The minimum atomic E-state index is -0.649. The summed E-state index contributed by atoms with van der Waals surface area (Å²) >= 11 is 0. The lowest BCUT2D eigenvalue weighted by atomic mass is 10.0. The highest BCUT2D eigenvalue weighted by atomic mass is 16.6. The van der Waals surface area contributed by atoms with E-state index in [2.05, 4.69) is 11.9 Å². The van der Waals surface area contributed by atoms with E-state index in [1.165, 1.54) is 0 Å². The van der Waals surface area contributed by atoms with E-state index >= 15 is 0 Å². The number of hydrogen-bond donors (Lipinski definition) is 1. The lowest BCUT2D eigenvalue weighted by Crippen LogP contribution is -2.53. The third-order valence-electron chi connectivity index (χ3n) is 5.87. The monoisotopic (exact) mass is 531 g/mol. The van der Waals surface area contributed by atoms with Crippen molar-refractivity contribution in [3.8, 4) is 0 Å². The number of ether oxygens (including phenoxy) is 4. The number of rotatable bonds is 15. The summed E-state index contributed by atoms with van der Waals surface area (Å²) < 4.78 is 24.6. The summed E-state index contributed by atoms with van der Waals surface area (Å²) in [5.74, 6) is 0. The fourth-order valence-corrected chi connectivity index (χ4v) is 4.04. The fourth-order valence-electron chi connectivity index (χ4n) is 4.04. The van der Waals surface area contributed by atoms with Gasteiger partial charge in [-0.05, 0) is 43.9 Å². The van der Waals surface area contributed by atoms with E-state index in [4.69, 9.17) is 18.9 Å². The zero-order valence-electron chi connectivity index (χ0n) is 23.3. The first kappa shape index (κ1) is 30.1. The average molecular weight is 532 g/mol. The van der Waals surface area contributed by atoms with Crippen LogP contribution in [0.3, 0.4) is 0 Å². The molecule has 3 rings (SSSR count). The summed E-state index contributed by atoms with van der Waals surface area (Å²) in [6, 6.07) is 29.3. The van der Waals surface area contributed by atoms with E-state index in [1.807, 2.05) is 118 Å². The SMILES string of the molecule is C=CC[C@H](OCc1ccccc1)[C@@H](OCc1ccccc1)[C@@H](COCc1ccccc1)NC(=O)OC(C)(C)C. The Bertz CT molecular complexity index is 1100. The van der Waals surface area contributed by atoms with Gasteiger partial charge < -0.3 is 24.3 Å². The molecule has 3 aromatic rings. The highest BCUT2D eigenvalue weighted by Crippen LogP contribution is 2.20. The van der Waals surface area contributed by atoms with Crippen molar-refractivity contribution in [3.63, 3.8) is 0 Å². The predicted molar refractivity (Wildman–Crippen MR) is 154 cm³/mol. The maximum Gasteiger partial charge on any atom is 0.408 e. The highest BCUT2D eigenvalue weighted by molar-refractivity contribution is 5.68. The maximum atomic E-state index is 12.9. The molecule has 0 spiro atoms. The molecule has 1 N–H and O–H groups in total. The predicted octanol–water partition coefficient (Wildman–Crippen LogP) is 6.84. The molecule has 3 aromatic carbocycles. The molecule has 3 atom stereocenters. The van der Waals surface area contributed by atoms with Crippen LogP contribution in [0.2, 0.25) is 0 Å². The Morgan fingerprint density at radius 3 is 1.77 bits per heavy atom. The van der Waals surface area contributed by atoms with Crippen LogP contribution in [0.4, 0.5) is 4.79 Å². The molecule has 39 heavy (non-hydrogen) atoms. The second-order valence-corrected chi connectivity index (χ2v) is 10.4. The molecule has 0 aliphatic heterocycles. The van der Waals surface area contributed by atoms with Crippen molar-refractivity contribution in [2.45, 2.75) is 70.9 Å². The topological polar surface area (TPSA) is 66.0 Å². The van der Waals surface area contributed by atoms with Gasteiger partial charge in [-0.3, -0.25) is 0 Å². The number of amides is 1. The van der Waals surface area contributed by atoms with Crippen LogP contribution in [0.15, 0.2) is 104 Å². The molecule has 0 bridgehead atoms. The number of carbonyl (C=O) groups excluding carboxylic acids is 1. The van der Waals surface area contributed by atoms with Crippen LogP contribution >= 0.6 is 0 Å². The van der Waals surface area contributed by atoms with Crippen LogP contribution in [-0.2, 0) is 38.8 Å². The first-order valence-corrected chi connectivity index (χ1v) is 13.4. The zero-order chi connectivity index (χ0) is 27.9. The lowest BCUT2D eigenvalue weighted by molar-refractivity contribution is -0.109. The molecule has 0 heterocycles. The highest BCUT2D eigenvalue weighted by Gasteiger charge is 2.33. The number of carbonyl (C=O) groups is 1. The van der Waals surface area contributed by atoms with E-state index in [1.54, 1.807) is 0 Å². The molecule has 0 saturated heterocycles. The normalized spacial score (nSPS) is 13.7. The quantitative estimate of drug-likeness (QED) is 0.217. The van der Waals surface area contributed by atoms with Crippen molar-refractivity contribution < 1.29 is 23.7 Å². The van der Waals surface area contributed by atoms with Crippen molar-refractivity contribution in [3.05, 3.63) is 120 Å². The van der Waals surface area contributed by atoms with Crippen molar-refractivity contribution in [2.75, 3.05) is 6.61 Å². The van der Waals surface area contributed by atoms with Gasteiger partial charge in [0.1, 0.15) is 11.7 Å². The number of benzene rings is 3. The third-order valence-corrected chi connectivity index (χ3v) is 5.87. The fraction of sp³-hybridized carbons (Fsp3) is 0.364. The van der Waals surface area contributed by atoms with Gasteiger partial charge in [0.05, 0.1) is 38.6 Å². The van der Waals surface area contributed by atoms with E-state index in [9.17, 15) is 4.79 Å². The molecular formula is C33H41NO5. The van der Waals surface area contributed by atoms with Gasteiger partial charge in [0, 0.05) is 0 Å². The van der Waals surface area contributed by atoms with Gasteiger partial charge in [-0.25, -0.2) is 4.79 Å². The molecule has 0 saturated carbocycles. The molecule has 208 valence electrons. The van der Waals surface area contributed by atoms with Crippen LogP contribution in [-0.4, -0.2) is 36.6 Å². The van der Waals surface area contributed by atoms with Gasteiger partial charge in [-0.2, -0.15) is 0 Å². The largest absolute Gasteiger partial charge is 0.444 e. The van der Waals surface area contributed by atoms with Crippen molar-refractivity contribution in [2.24, 2.45) is 0 Å². The number of hydrogen-bond acceptors (Lipinski definition) is 5. The summed E-state index contributed by atoms with van der Waals surface area (Å²) in [4.78, 5) is 12.9. The first-order valence-electron chi connectivity index (χ1n) is 13.4. The number of nitrogens with one attached hydrogen (secondary N) is 1. The van der Waals surface area contributed by atoms with Gasteiger partial charge in [-0.15, -0.1) is 6.58 Å². The Morgan fingerprint density at radius 1 is 0.795 bits per heavy atom. The van der Waals surface area contributed by atoms with E-state index in [-0.39, 0.29) is 6.61 Å². The number of alkyl carbamates (subject to hydrolysis) is 1. The molecular weight excluding hydrogens is 490 g/mol. The molecule has 6 nitrogen and oxygen atoms in total. The second-order valence-electron chi connectivity index (χ2n) is 10.4. The van der Waals surface area contributed by atoms with E-state index in [0.29, 0.717) is 26.2 Å². The van der Waals surface area contributed by atoms with Crippen molar-refractivity contribution in [1.29, 1.82) is 0 Å². The Labute approximate surface area is 232 Å². The average Bonchev–Trinajstić information content (AvgIpc) is 2.92. The molecule has 0 aliphatic carbocycles. The molecule has 0 aliphatic rings. The Kier molecular flexibility index (Phi) is 12.2. The van der Waals surface area contributed by atoms with Gasteiger partial charge in [-0.1, -0.05) is 97.1 Å². The van der Waals surface area contributed by atoms with E-state index in [0.717, 1.165) is 16.7 Å². The summed E-state index contributed by atoms with van der Waals surface area (Å²) in [7, 11) is 0. The van der Waals surface area contributed by atoms with Crippen LogP contribution < -0.4 is 5.32 Å². The standard InChI is InChI=1S/C33H41NO5/c1-5-15-30(37-23-27-18-11-7-12-19-27)31(38-24-28-20-13-8-14-21-28)29(34-32(35)39-33(2,3)4)25-36-22-26-16-9-6-10-17-26/h5-14,16-21,29-31H,1,15,22-25H2,2-4H3,(H,34,35)/t29-,30+,31+/m1/s1. The molecule has 0 aromatic heterocycles. The summed E-state index contributed by atoms with van der Waals surface area (Å²) in [6.45, 7) is 10.8. The maximum absolute atomic E-state index is 12.9. The van der Waals surface area contributed by atoms with Crippen LogP contribution in [0.5, 0.6) is 0 Å². The van der Waals surface area contributed by atoms with Gasteiger partial charge in [0.2, 0.25) is 0 Å². The smallest absolute Gasteiger partial charge is 0.408 e. The summed E-state index contributed by atoms with van der Waals surface area (Å²) in [6.07, 6.45) is 0.855. The lowest BCUT2D eigenvalue weighted by Gasteiger charge is -2.34. The van der Waals surface area contributed by atoms with Gasteiger partial charge in [0.15, 0.2) is 0 Å². The van der Waals surface area contributed by atoms with Gasteiger partial charge in [0.25, 0.3) is 0 Å². The molecule has 6 heteroatoms. The van der Waals surface area contributed by atoms with Crippen LogP contribution in [0, 0.1) is 0 Å². The molecule has 1 amide bonds. The first-order chi connectivity index (χ1) is 18.8. The molecule has 0 fully saturated rings. The summed E-state index contributed by atoms with van der Waals surface area (Å²) in [5.41, 5.74) is 2.46. The van der Waals surface area contributed by atoms with Crippen molar-refractivity contribution >= 4 is 6.09 Å². The second kappa shape index (κ2) is 15.8. The third kappa shape index (κ3) is 11.4. The van der Waals surface area contributed by atoms with Crippen LogP contribution in [0.1, 0.15) is 43.9 Å². The molecule has 0 unspecified atom stereocenters. The Hall–Kier alpha value is -3.45.